The van der Waals surface area contributed by atoms with E-state index in [1.807, 2.05) is 29.2 Å². The number of benzene rings is 1. The first-order chi connectivity index (χ1) is 13.5. The predicted octanol–water partition coefficient (Wildman–Crippen LogP) is 1.87. The number of carbonyl (C=O) groups excluding carboxylic acids is 2. The van der Waals surface area contributed by atoms with E-state index in [0.29, 0.717) is 12.5 Å². The summed E-state index contributed by atoms with van der Waals surface area (Å²) < 4.78 is 0. The van der Waals surface area contributed by atoms with Crippen LogP contribution in [0.3, 0.4) is 0 Å². The number of fused-ring (bicyclic) bond motifs is 1. The van der Waals surface area contributed by atoms with Crippen molar-refractivity contribution in [3.8, 4) is 0 Å². The highest BCUT2D eigenvalue weighted by Gasteiger charge is 2.35. The molecule has 28 heavy (non-hydrogen) atoms. The molecular weight excluding hydrogens is 354 g/mol. The molecule has 2 amide bonds. The molecule has 7 heteroatoms. The summed E-state index contributed by atoms with van der Waals surface area (Å²) in [7, 11) is 0. The number of hydrogen-bond donors (Lipinski definition) is 2. The summed E-state index contributed by atoms with van der Waals surface area (Å²) in [5.74, 6) is 1.42. The van der Waals surface area contributed by atoms with Crippen LogP contribution < -0.4 is 5.32 Å². The molecule has 0 aliphatic carbocycles. The van der Waals surface area contributed by atoms with E-state index in [2.05, 4.69) is 29.0 Å². The molecule has 0 bridgehead atoms. The molecule has 0 unspecified atom stereocenters. The summed E-state index contributed by atoms with van der Waals surface area (Å²) in [4.78, 5) is 37.4. The Balaban J connectivity index is 1.36. The maximum absolute atomic E-state index is 12.9. The van der Waals surface area contributed by atoms with Gasteiger partial charge in [-0.1, -0.05) is 12.1 Å². The van der Waals surface area contributed by atoms with E-state index in [1.54, 1.807) is 0 Å². The molecular formula is C21H29N5O2. The summed E-state index contributed by atoms with van der Waals surface area (Å²) >= 11 is 0. The normalized spacial score (nSPS) is 22.0. The van der Waals surface area contributed by atoms with Crippen molar-refractivity contribution in [1.29, 1.82) is 0 Å². The molecule has 1 atom stereocenters. The first-order valence-corrected chi connectivity index (χ1v) is 10.3. The summed E-state index contributed by atoms with van der Waals surface area (Å²) in [6.07, 6.45) is 2.06. The van der Waals surface area contributed by atoms with Crippen LogP contribution in [0.25, 0.3) is 11.0 Å². The maximum atomic E-state index is 12.9. The fraction of sp³-hybridized carbons (Fsp3) is 0.571. The number of aromatic amines is 1. The van der Waals surface area contributed by atoms with Crippen LogP contribution in [0.15, 0.2) is 24.3 Å². The Morgan fingerprint density at radius 2 is 1.96 bits per heavy atom. The van der Waals surface area contributed by atoms with Crippen LogP contribution in [-0.4, -0.2) is 69.8 Å². The lowest BCUT2D eigenvalue weighted by atomic mass is 9.95. The van der Waals surface area contributed by atoms with Gasteiger partial charge in [-0.15, -0.1) is 0 Å². The van der Waals surface area contributed by atoms with Gasteiger partial charge in [-0.25, -0.2) is 4.98 Å². The third-order valence-corrected chi connectivity index (χ3v) is 6.05. The lowest BCUT2D eigenvalue weighted by Gasteiger charge is -2.39. The number of aromatic nitrogens is 2. The second-order valence-corrected chi connectivity index (χ2v) is 8.14. The van der Waals surface area contributed by atoms with Gasteiger partial charge in [0.1, 0.15) is 5.82 Å². The third kappa shape index (κ3) is 3.76. The highest BCUT2D eigenvalue weighted by molar-refractivity contribution is 5.89. The molecule has 0 radical (unpaired) electrons. The Hall–Kier alpha value is -2.41. The van der Waals surface area contributed by atoms with Crippen LogP contribution in [0, 0.1) is 0 Å². The van der Waals surface area contributed by atoms with Gasteiger partial charge in [0, 0.05) is 38.1 Å². The number of piperazine rings is 1. The lowest BCUT2D eigenvalue weighted by Crippen LogP contribution is -2.58. The first-order valence-electron chi connectivity index (χ1n) is 10.3. The third-order valence-electron chi connectivity index (χ3n) is 6.05. The van der Waals surface area contributed by atoms with Gasteiger partial charge in [0.05, 0.1) is 23.5 Å². The quantitative estimate of drug-likeness (QED) is 0.845. The van der Waals surface area contributed by atoms with Crippen LogP contribution in [0.1, 0.15) is 44.9 Å². The number of H-pyrrole nitrogens is 1. The second kappa shape index (κ2) is 7.91. The van der Waals surface area contributed by atoms with Crippen LogP contribution in [0.2, 0.25) is 0 Å². The minimum Gasteiger partial charge on any atom is -0.353 e. The monoisotopic (exact) mass is 383 g/mol. The van der Waals surface area contributed by atoms with Gasteiger partial charge in [0.2, 0.25) is 11.8 Å². The van der Waals surface area contributed by atoms with Crippen LogP contribution >= 0.6 is 0 Å². The van der Waals surface area contributed by atoms with E-state index >= 15 is 0 Å². The van der Waals surface area contributed by atoms with Gasteiger partial charge >= 0.3 is 0 Å². The molecule has 1 aromatic carbocycles. The molecule has 4 rings (SSSR count). The van der Waals surface area contributed by atoms with E-state index in [4.69, 9.17) is 4.98 Å². The molecule has 2 fully saturated rings. The Labute approximate surface area is 165 Å². The van der Waals surface area contributed by atoms with Crippen molar-refractivity contribution in [1.82, 2.24) is 25.1 Å². The first kappa shape index (κ1) is 18.9. The number of nitrogens with zero attached hydrogens (tertiary/aromatic N) is 3. The second-order valence-electron chi connectivity index (χ2n) is 8.14. The molecule has 7 nitrogen and oxygen atoms in total. The standard InChI is InChI=1S/C21H29N5O2/c1-14(2)26-12-9-22-21(28)18(26)13-19(27)25-10-7-15(8-11-25)20-23-16-5-3-4-6-17(16)24-20/h3-6,14-15,18H,7-13H2,1-2H3,(H,22,28)(H,23,24)/t18-/m0/s1. The molecule has 2 aromatic rings. The molecule has 150 valence electrons. The molecule has 0 spiro atoms. The van der Waals surface area contributed by atoms with Crippen molar-refractivity contribution < 1.29 is 9.59 Å². The topological polar surface area (TPSA) is 81.3 Å². The van der Waals surface area contributed by atoms with Gasteiger partial charge in [-0.2, -0.15) is 0 Å². The summed E-state index contributed by atoms with van der Waals surface area (Å²) in [5.41, 5.74) is 2.06. The molecule has 2 N–H and O–H groups in total. The zero-order valence-corrected chi connectivity index (χ0v) is 16.6. The number of hydrogen-bond acceptors (Lipinski definition) is 4. The summed E-state index contributed by atoms with van der Waals surface area (Å²) in [5, 5.41) is 2.90. The molecule has 2 aliphatic rings. The number of amides is 2. The molecule has 2 aliphatic heterocycles. The Bertz CT molecular complexity index is 820. The number of nitrogens with one attached hydrogen (secondary N) is 2. The number of likely N-dealkylation sites (tertiary alicyclic amines) is 1. The maximum Gasteiger partial charge on any atom is 0.237 e. The van der Waals surface area contributed by atoms with Crippen molar-refractivity contribution >= 4 is 22.8 Å². The number of imidazole rings is 1. The van der Waals surface area contributed by atoms with Gasteiger partial charge < -0.3 is 15.2 Å². The van der Waals surface area contributed by atoms with E-state index in [0.717, 1.165) is 49.3 Å². The Morgan fingerprint density at radius 3 is 2.68 bits per heavy atom. The Morgan fingerprint density at radius 1 is 1.21 bits per heavy atom. The van der Waals surface area contributed by atoms with E-state index in [9.17, 15) is 9.59 Å². The molecule has 3 heterocycles. The summed E-state index contributed by atoms with van der Waals surface area (Å²) in [6, 6.07) is 7.96. The average molecular weight is 383 g/mol. The highest BCUT2D eigenvalue weighted by Crippen LogP contribution is 2.28. The van der Waals surface area contributed by atoms with Gasteiger partial charge in [0.25, 0.3) is 0 Å². The zero-order valence-electron chi connectivity index (χ0n) is 16.6. The van der Waals surface area contributed by atoms with Gasteiger partial charge in [-0.05, 0) is 38.8 Å². The van der Waals surface area contributed by atoms with E-state index < -0.39 is 0 Å². The smallest absolute Gasteiger partial charge is 0.237 e. The minimum atomic E-state index is -0.352. The molecule has 0 saturated carbocycles. The van der Waals surface area contributed by atoms with Crippen LogP contribution in [0.4, 0.5) is 0 Å². The number of piperidine rings is 1. The number of carbonyl (C=O) groups is 2. The zero-order chi connectivity index (χ0) is 19.7. The highest BCUT2D eigenvalue weighted by atomic mass is 16.2. The van der Waals surface area contributed by atoms with E-state index in [-0.39, 0.29) is 30.3 Å². The van der Waals surface area contributed by atoms with Crippen LogP contribution in [-0.2, 0) is 9.59 Å². The average Bonchev–Trinajstić information content (AvgIpc) is 3.13. The SMILES string of the molecule is CC(C)N1CCNC(=O)[C@@H]1CC(=O)N1CCC(c2nc3ccccc3[nH]2)CC1. The lowest BCUT2D eigenvalue weighted by molar-refractivity contribution is -0.140. The fourth-order valence-electron chi connectivity index (χ4n) is 4.42. The van der Waals surface area contributed by atoms with Crippen LogP contribution in [0.5, 0.6) is 0 Å². The van der Waals surface area contributed by atoms with Gasteiger partial charge in [0.15, 0.2) is 0 Å². The van der Waals surface area contributed by atoms with Crippen molar-refractivity contribution in [2.75, 3.05) is 26.2 Å². The molecule has 2 saturated heterocycles. The number of rotatable bonds is 4. The predicted molar refractivity (Wildman–Crippen MR) is 108 cm³/mol. The fourth-order valence-corrected chi connectivity index (χ4v) is 4.42. The van der Waals surface area contributed by atoms with Crippen molar-refractivity contribution in [3.05, 3.63) is 30.1 Å². The van der Waals surface area contributed by atoms with E-state index in [1.165, 1.54) is 0 Å². The molecule has 1 aromatic heterocycles. The van der Waals surface area contributed by atoms with Gasteiger partial charge in [-0.3, -0.25) is 14.5 Å². The summed E-state index contributed by atoms with van der Waals surface area (Å²) in [6.45, 7) is 7.05. The largest absolute Gasteiger partial charge is 0.353 e. The van der Waals surface area contributed by atoms with Crippen molar-refractivity contribution in [3.63, 3.8) is 0 Å². The Kier molecular flexibility index (Phi) is 5.35. The van der Waals surface area contributed by atoms with Crippen molar-refractivity contribution in [2.45, 2.75) is 51.1 Å². The minimum absolute atomic E-state index is 0.0227. The number of para-hydroxylation sites is 2. The van der Waals surface area contributed by atoms with Crippen molar-refractivity contribution in [2.24, 2.45) is 0 Å².